The molecule has 1 saturated heterocycles. The number of alkyl halides is 3. The molecule has 38 heavy (non-hydrogen) atoms. The maximum absolute atomic E-state index is 14.4. The zero-order chi connectivity index (χ0) is 28.0. The fourth-order valence-corrected chi connectivity index (χ4v) is 6.20. The smallest absolute Gasteiger partial charge is 0.433 e. The molecule has 1 aliphatic heterocycles. The van der Waals surface area contributed by atoms with Gasteiger partial charge < -0.3 is 10.0 Å². The molecule has 0 bridgehead atoms. The van der Waals surface area contributed by atoms with Gasteiger partial charge in [0.15, 0.2) is 5.69 Å². The van der Waals surface area contributed by atoms with E-state index in [-0.39, 0.29) is 37.5 Å². The van der Waals surface area contributed by atoms with Crippen LogP contribution in [0.3, 0.4) is 0 Å². The van der Waals surface area contributed by atoms with E-state index in [0.717, 1.165) is 10.9 Å². The molecule has 1 unspecified atom stereocenters. The van der Waals surface area contributed by atoms with Gasteiger partial charge in [0.25, 0.3) is 5.91 Å². The Hall–Kier alpha value is -2.33. The summed E-state index contributed by atoms with van der Waals surface area (Å²) in [5, 5.41) is 14.2. The van der Waals surface area contributed by atoms with Crippen molar-refractivity contribution in [2.24, 2.45) is 17.3 Å². The van der Waals surface area contributed by atoms with E-state index in [1.54, 1.807) is 6.92 Å². The predicted octanol–water partition coefficient (Wildman–Crippen LogP) is 6.54. The molecule has 2 aromatic rings. The minimum absolute atomic E-state index is 0.0970. The molecule has 7 nitrogen and oxygen atoms in total. The Kier molecular flexibility index (Phi) is 8.06. The molecule has 1 aliphatic carbocycles. The highest BCUT2D eigenvalue weighted by Gasteiger charge is 2.46. The van der Waals surface area contributed by atoms with Crippen molar-refractivity contribution in [1.29, 1.82) is 0 Å². The first-order valence-corrected chi connectivity index (χ1v) is 13.5. The summed E-state index contributed by atoms with van der Waals surface area (Å²) in [7, 11) is 0. The molecule has 2 aromatic heterocycles. The highest BCUT2D eigenvalue weighted by Crippen LogP contribution is 2.44. The van der Waals surface area contributed by atoms with Crippen LogP contribution in [0.4, 0.5) is 13.2 Å². The van der Waals surface area contributed by atoms with Gasteiger partial charge in [-0.2, -0.15) is 18.3 Å². The number of halogens is 5. The van der Waals surface area contributed by atoms with Gasteiger partial charge >= 0.3 is 12.1 Å². The molecule has 1 saturated carbocycles. The van der Waals surface area contributed by atoms with Crippen molar-refractivity contribution in [3.05, 3.63) is 45.5 Å². The highest BCUT2D eigenvalue weighted by molar-refractivity contribution is 6.35. The molecule has 12 heteroatoms. The van der Waals surface area contributed by atoms with Gasteiger partial charge in [-0.3, -0.25) is 19.3 Å². The summed E-state index contributed by atoms with van der Waals surface area (Å²) in [5.74, 6) is -1.38. The van der Waals surface area contributed by atoms with Crippen LogP contribution >= 0.6 is 23.2 Å². The standard InChI is InChI=1S/C26H31Cl2F3N4O3/c1-14(2)15-8-17(9-18-20(27)11-32-12-21(18)28)34(13-15)23(36)19-10-33-35(22(19)26(29,30)31)16-4-6-25(3,7-5-16)24(37)38/h10-12,14-17H,4-9,13H2,1-3H3,(H,37,38)/t15-,16?,17?,25?/m1/s1. The lowest BCUT2D eigenvalue weighted by Crippen LogP contribution is -2.38. The molecular weight excluding hydrogens is 544 g/mol. The van der Waals surface area contributed by atoms with Crippen LogP contribution in [0, 0.1) is 17.3 Å². The number of pyridine rings is 1. The number of carboxylic acid groups (broad SMARTS) is 1. The molecule has 2 aliphatic rings. The molecule has 0 spiro atoms. The number of hydrogen-bond donors (Lipinski definition) is 1. The molecule has 0 radical (unpaired) electrons. The summed E-state index contributed by atoms with van der Waals surface area (Å²) in [4.78, 5) is 30.8. The van der Waals surface area contributed by atoms with Crippen LogP contribution in [0.1, 0.15) is 80.5 Å². The topological polar surface area (TPSA) is 88.3 Å². The average Bonchev–Trinajstić information content (AvgIpc) is 3.47. The quantitative estimate of drug-likeness (QED) is 0.423. The molecule has 1 amide bonds. The fraction of sp³-hybridized carbons (Fsp3) is 0.615. The van der Waals surface area contributed by atoms with Crippen LogP contribution in [0.5, 0.6) is 0 Å². The summed E-state index contributed by atoms with van der Waals surface area (Å²) in [6.07, 6.45) is 0.886. The lowest BCUT2D eigenvalue weighted by Gasteiger charge is -2.34. The van der Waals surface area contributed by atoms with Crippen molar-refractivity contribution in [3.8, 4) is 0 Å². The number of carbonyl (C=O) groups is 2. The largest absolute Gasteiger partial charge is 0.481 e. The van der Waals surface area contributed by atoms with Crippen LogP contribution in [-0.4, -0.2) is 49.2 Å². The number of carbonyl (C=O) groups excluding carboxylic acids is 1. The number of likely N-dealkylation sites (tertiary alicyclic amines) is 1. The summed E-state index contributed by atoms with van der Waals surface area (Å²) in [5.41, 5.74) is -1.96. The Bertz CT molecular complexity index is 1190. The number of carboxylic acids is 1. The first-order chi connectivity index (χ1) is 17.7. The van der Waals surface area contributed by atoms with Crippen LogP contribution in [0.15, 0.2) is 18.6 Å². The number of amides is 1. The lowest BCUT2D eigenvalue weighted by atomic mass is 9.74. The molecule has 4 rings (SSSR count). The number of rotatable bonds is 6. The molecular formula is C26H31Cl2F3N4O3. The molecule has 2 atom stereocenters. The Labute approximate surface area is 229 Å². The predicted molar refractivity (Wildman–Crippen MR) is 136 cm³/mol. The zero-order valence-electron chi connectivity index (χ0n) is 21.4. The second kappa shape index (κ2) is 10.7. The molecule has 1 N–H and O–H groups in total. The van der Waals surface area contributed by atoms with E-state index in [1.807, 2.05) is 13.8 Å². The third kappa shape index (κ3) is 5.52. The van der Waals surface area contributed by atoms with Gasteiger partial charge in [-0.15, -0.1) is 0 Å². The Morgan fingerprint density at radius 1 is 1.16 bits per heavy atom. The number of nitrogens with zero attached hydrogens (tertiary/aromatic N) is 4. The van der Waals surface area contributed by atoms with Gasteiger partial charge in [-0.05, 0) is 62.8 Å². The monoisotopic (exact) mass is 574 g/mol. The lowest BCUT2D eigenvalue weighted by molar-refractivity contribution is -0.152. The Morgan fingerprint density at radius 2 is 1.76 bits per heavy atom. The second-order valence-corrected chi connectivity index (χ2v) is 11.9. The minimum atomic E-state index is -4.82. The van der Waals surface area contributed by atoms with Crippen LogP contribution in [-0.2, 0) is 17.4 Å². The highest BCUT2D eigenvalue weighted by atomic mass is 35.5. The second-order valence-electron chi connectivity index (χ2n) is 11.1. The van der Waals surface area contributed by atoms with Gasteiger partial charge in [0, 0.05) is 25.0 Å². The van der Waals surface area contributed by atoms with Crippen molar-refractivity contribution < 1.29 is 27.9 Å². The fourth-order valence-electron chi connectivity index (χ4n) is 5.68. The van der Waals surface area contributed by atoms with Crippen molar-refractivity contribution >= 4 is 35.1 Å². The number of hydrogen-bond acceptors (Lipinski definition) is 4. The van der Waals surface area contributed by atoms with E-state index < -0.39 is 46.8 Å². The third-order valence-corrected chi connectivity index (χ3v) is 8.91. The van der Waals surface area contributed by atoms with Crippen LogP contribution in [0.2, 0.25) is 10.0 Å². The minimum Gasteiger partial charge on any atom is -0.481 e. The number of aliphatic carboxylic acids is 1. The summed E-state index contributed by atoms with van der Waals surface area (Å²) in [6, 6.07) is -1.05. The summed E-state index contributed by atoms with van der Waals surface area (Å²) in [6.45, 7) is 5.96. The molecule has 3 heterocycles. The van der Waals surface area contributed by atoms with E-state index in [0.29, 0.717) is 35.0 Å². The molecule has 208 valence electrons. The molecule has 2 fully saturated rings. The Balaban J connectivity index is 1.66. The van der Waals surface area contributed by atoms with Crippen molar-refractivity contribution in [2.45, 2.75) is 77.6 Å². The van der Waals surface area contributed by atoms with Gasteiger partial charge in [-0.1, -0.05) is 37.0 Å². The maximum atomic E-state index is 14.4. The van der Waals surface area contributed by atoms with E-state index in [2.05, 4.69) is 10.1 Å². The molecule has 0 aromatic carbocycles. The Morgan fingerprint density at radius 3 is 2.29 bits per heavy atom. The summed E-state index contributed by atoms with van der Waals surface area (Å²) >= 11 is 12.6. The van der Waals surface area contributed by atoms with Crippen molar-refractivity contribution in [1.82, 2.24) is 19.7 Å². The summed E-state index contributed by atoms with van der Waals surface area (Å²) < 4.78 is 44.1. The third-order valence-electron chi connectivity index (χ3n) is 8.26. The van der Waals surface area contributed by atoms with E-state index in [9.17, 15) is 27.9 Å². The maximum Gasteiger partial charge on any atom is 0.433 e. The van der Waals surface area contributed by atoms with Crippen LogP contribution in [0.25, 0.3) is 0 Å². The number of aromatic nitrogens is 3. The normalized spacial score (nSPS) is 26.2. The van der Waals surface area contributed by atoms with Gasteiger partial charge in [0.2, 0.25) is 0 Å². The SMILES string of the molecule is CC(C)[C@@H]1CC(Cc2c(Cl)cncc2Cl)N(C(=O)c2cnn(C3CCC(C)(C(=O)O)CC3)c2C(F)(F)F)C1. The van der Waals surface area contributed by atoms with E-state index in [4.69, 9.17) is 23.2 Å². The first kappa shape index (κ1) is 28.7. The average molecular weight is 575 g/mol. The van der Waals surface area contributed by atoms with E-state index in [1.165, 1.54) is 17.3 Å². The van der Waals surface area contributed by atoms with Gasteiger partial charge in [0.05, 0.1) is 33.3 Å². The van der Waals surface area contributed by atoms with Gasteiger partial charge in [0.1, 0.15) is 0 Å². The van der Waals surface area contributed by atoms with Crippen molar-refractivity contribution in [2.75, 3.05) is 6.54 Å². The van der Waals surface area contributed by atoms with E-state index >= 15 is 0 Å². The zero-order valence-corrected chi connectivity index (χ0v) is 22.9. The first-order valence-electron chi connectivity index (χ1n) is 12.7. The van der Waals surface area contributed by atoms with Crippen molar-refractivity contribution in [3.63, 3.8) is 0 Å². The van der Waals surface area contributed by atoms with Crippen LogP contribution < -0.4 is 0 Å². The van der Waals surface area contributed by atoms with Gasteiger partial charge in [-0.25, -0.2) is 0 Å².